The lowest BCUT2D eigenvalue weighted by Gasteiger charge is -2.38. The smallest absolute Gasteiger partial charge is 0.218 e. The van der Waals surface area contributed by atoms with Crippen LogP contribution in [0.3, 0.4) is 0 Å². The van der Waals surface area contributed by atoms with Crippen molar-refractivity contribution < 1.29 is 4.74 Å². The van der Waals surface area contributed by atoms with Crippen molar-refractivity contribution in [3.8, 4) is 5.88 Å². The van der Waals surface area contributed by atoms with Gasteiger partial charge in [0.15, 0.2) is 0 Å². The summed E-state index contributed by atoms with van der Waals surface area (Å²) in [5.41, 5.74) is 0. The third-order valence-electron chi connectivity index (χ3n) is 3.42. The van der Waals surface area contributed by atoms with Crippen LogP contribution in [0.15, 0.2) is 12.4 Å². The van der Waals surface area contributed by atoms with Crippen molar-refractivity contribution in [1.29, 1.82) is 0 Å². The van der Waals surface area contributed by atoms with Gasteiger partial charge in [0.25, 0.3) is 0 Å². The molecule has 1 heterocycles. The molecule has 19 heavy (non-hydrogen) atoms. The van der Waals surface area contributed by atoms with Crippen molar-refractivity contribution >= 4 is 21.7 Å². The summed E-state index contributed by atoms with van der Waals surface area (Å²) < 4.78 is 5.59. The minimum absolute atomic E-state index is 0.646. The molecule has 1 fully saturated rings. The topological polar surface area (TPSA) is 38.2 Å². The summed E-state index contributed by atoms with van der Waals surface area (Å²) >= 11 is 3.50. The van der Waals surface area contributed by atoms with E-state index in [1.165, 1.54) is 19.3 Å². The lowest BCUT2D eigenvalue weighted by atomic mass is 9.91. The molecule has 0 radical (unpaired) electrons. The van der Waals surface area contributed by atoms with E-state index >= 15 is 0 Å². The summed E-state index contributed by atoms with van der Waals surface area (Å²) in [7, 11) is 0. The van der Waals surface area contributed by atoms with Crippen molar-refractivity contribution in [3.05, 3.63) is 12.4 Å². The van der Waals surface area contributed by atoms with E-state index in [0.717, 1.165) is 30.5 Å². The first-order chi connectivity index (χ1) is 9.35. The molecule has 0 aliphatic heterocycles. The molecule has 1 aliphatic rings. The normalized spacial score (nSPS) is 15.1. The fraction of sp³-hybridized carbons (Fsp3) is 0.714. The van der Waals surface area contributed by atoms with Crippen molar-refractivity contribution in [2.24, 2.45) is 0 Å². The van der Waals surface area contributed by atoms with Crippen LogP contribution >= 0.6 is 15.9 Å². The lowest BCUT2D eigenvalue weighted by molar-refractivity contribution is 0.304. The van der Waals surface area contributed by atoms with Gasteiger partial charge >= 0.3 is 0 Å². The number of aromatic nitrogens is 2. The van der Waals surface area contributed by atoms with Crippen LogP contribution < -0.4 is 9.64 Å². The van der Waals surface area contributed by atoms with Crippen LogP contribution in [0.5, 0.6) is 5.88 Å². The van der Waals surface area contributed by atoms with Crippen LogP contribution in [0, 0.1) is 0 Å². The van der Waals surface area contributed by atoms with Gasteiger partial charge in [-0.2, -0.15) is 0 Å². The van der Waals surface area contributed by atoms with Crippen LogP contribution in [0.2, 0.25) is 0 Å². The van der Waals surface area contributed by atoms with Gasteiger partial charge in [0, 0.05) is 24.0 Å². The number of alkyl halides is 1. The van der Waals surface area contributed by atoms with E-state index in [2.05, 4.69) is 37.7 Å². The first-order valence-corrected chi connectivity index (χ1v) is 8.24. The van der Waals surface area contributed by atoms with Crippen molar-refractivity contribution in [1.82, 2.24) is 9.97 Å². The molecule has 0 spiro atoms. The molecule has 2 rings (SSSR count). The van der Waals surface area contributed by atoms with Gasteiger partial charge in [-0.1, -0.05) is 22.9 Å². The maximum absolute atomic E-state index is 5.59. The van der Waals surface area contributed by atoms with E-state index in [1.54, 1.807) is 6.33 Å². The average molecular weight is 328 g/mol. The van der Waals surface area contributed by atoms with Crippen LogP contribution in [0.4, 0.5) is 5.82 Å². The molecule has 0 unspecified atom stereocenters. The van der Waals surface area contributed by atoms with Gasteiger partial charge in [-0.05, 0) is 32.1 Å². The molecule has 1 aromatic rings. The highest BCUT2D eigenvalue weighted by molar-refractivity contribution is 9.09. The highest BCUT2D eigenvalue weighted by Gasteiger charge is 2.25. The van der Waals surface area contributed by atoms with Crippen LogP contribution in [0.25, 0.3) is 0 Å². The van der Waals surface area contributed by atoms with Gasteiger partial charge in [0.05, 0.1) is 6.61 Å². The third kappa shape index (κ3) is 4.06. The number of halogens is 1. The zero-order valence-electron chi connectivity index (χ0n) is 11.5. The Morgan fingerprint density at radius 1 is 1.42 bits per heavy atom. The Morgan fingerprint density at radius 3 is 2.89 bits per heavy atom. The minimum Gasteiger partial charge on any atom is -0.478 e. The van der Waals surface area contributed by atoms with Crippen molar-refractivity contribution in [2.45, 2.75) is 45.1 Å². The Hall–Kier alpha value is -0.840. The maximum atomic E-state index is 5.59. The Morgan fingerprint density at radius 2 is 2.26 bits per heavy atom. The Balaban J connectivity index is 2.06. The van der Waals surface area contributed by atoms with Gasteiger partial charge in [-0.3, -0.25) is 0 Å². The molecule has 0 atom stereocenters. The first-order valence-electron chi connectivity index (χ1n) is 7.12. The SMILES string of the molecule is CCCOc1cc(N(CCCBr)C2CCC2)ncn1. The largest absolute Gasteiger partial charge is 0.478 e. The van der Waals surface area contributed by atoms with Crippen LogP contribution in [0.1, 0.15) is 39.0 Å². The number of hydrogen-bond donors (Lipinski definition) is 0. The standard InChI is InChI=1S/C14H22BrN3O/c1-2-9-19-14-10-13(16-11-17-14)18(8-4-7-15)12-5-3-6-12/h10-12H,2-9H2,1H3. The number of nitrogens with zero attached hydrogens (tertiary/aromatic N) is 3. The fourth-order valence-corrected chi connectivity index (χ4v) is 2.44. The van der Waals surface area contributed by atoms with Gasteiger partial charge in [0.1, 0.15) is 12.1 Å². The van der Waals surface area contributed by atoms with Gasteiger partial charge < -0.3 is 9.64 Å². The Bertz CT molecular complexity index is 385. The average Bonchev–Trinajstić information content (AvgIpc) is 2.39. The second kappa shape index (κ2) is 7.68. The zero-order chi connectivity index (χ0) is 13.5. The fourth-order valence-electron chi connectivity index (χ4n) is 2.19. The van der Waals surface area contributed by atoms with Gasteiger partial charge in [-0.15, -0.1) is 0 Å². The monoisotopic (exact) mass is 327 g/mol. The molecule has 0 aromatic carbocycles. The minimum atomic E-state index is 0.646. The van der Waals surface area contributed by atoms with Crippen LogP contribution in [-0.2, 0) is 0 Å². The van der Waals surface area contributed by atoms with E-state index in [-0.39, 0.29) is 0 Å². The summed E-state index contributed by atoms with van der Waals surface area (Å²) in [5, 5.41) is 1.03. The molecule has 5 heteroatoms. The number of rotatable bonds is 8. The molecule has 0 saturated heterocycles. The molecule has 4 nitrogen and oxygen atoms in total. The second-order valence-electron chi connectivity index (χ2n) is 4.88. The third-order valence-corrected chi connectivity index (χ3v) is 3.98. The molecule has 1 saturated carbocycles. The first kappa shape index (κ1) is 14.6. The molecule has 106 valence electrons. The van der Waals surface area contributed by atoms with Gasteiger partial charge in [-0.25, -0.2) is 9.97 Å². The Labute approximate surface area is 123 Å². The van der Waals surface area contributed by atoms with Gasteiger partial charge in [0.2, 0.25) is 5.88 Å². The van der Waals surface area contributed by atoms with E-state index in [1.807, 2.05) is 6.07 Å². The summed E-state index contributed by atoms with van der Waals surface area (Å²) in [4.78, 5) is 11.0. The summed E-state index contributed by atoms with van der Waals surface area (Å²) in [6.45, 7) is 3.85. The lowest BCUT2D eigenvalue weighted by Crippen LogP contribution is -2.41. The number of hydrogen-bond acceptors (Lipinski definition) is 4. The summed E-state index contributed by atoms with van der Waals surface area (Å²) in [6.07, 6.45) is 7.62. The van der Waals surface area contributed by atoms with Crippen molar-refractivity contribution in [2.75, 3.05) is 23.4 Å². The number of ether oxygens (including phenoxy) is 1. The van der Waals surface area contributed by atoms with E-state index < -0.39 is 0 Å². The highest BCUT2D eigenvalue weighted by atomic mass is 79.9. The molecular formula is C14H22BrN3O. The maximum Gasteiger partial charge on any atom is 0.218 e. The molecule has 1 aromatic heterocycles. The number of anilines is 1. The predicted octanol–water partition coefficient (Wildman–Crippen LogP) is 3.41. The van der Waals surface area contributed by atoms with E-state index in [9.17, 15) is 0 Å². The quantitative estimate of drug-likeness (QED) is 0.686. The van der Waals surface area contributed by atoms with E-state index in [4.69, 9.17) is 4.74 Å². The summed E-state index contributed by atoms with van der Waals surface area (Å²) in [5.74, 6) is 1.70. The molecule has 0 N–H and O–H groups in total. The Kier molecular flexibility index (Phi) is 5.89. The van der Waals surface area contributed by atoms with Crippen molar-refractivity contribution in [3.63, 3.8) is 0 Å². The molecule has 0 bridgehead atoms. The molecular weight excluding hydrogens is 306 g/mol. The second-order valence-corrected chi connectivity index (χ2v) is 5.68. The molecule has 0 amide bonds. The molecule has 1 aliphatic carbocycles. The summed E-state index contributed by atoms with van der Waals surface area (Å²) in [6, 6.07) is 2.62. The predicted molar refractivity (Wildman–Crippen MR) is 81.2 cm³/mol. The highest BCUT2D eigenvalue weighted by Crippen LogP contribution is 2.29. The van der Waals surface area contributed by atoms with Crippen LogP contribution in [-0.4, -0.2) is 34.5 Å². The van der Waals surface area contributed by atoms with E-state index in [0.29, 0.717) is 18.5 Å². The zero-order valence-corrected chi connectivity index (χ0v) is 13.1.